The Morgan fingerprint density at radius 1 is 1.09 bits per heavy atom. The van der Waals surface area contributed by atoms with Gasteiger partial charge in [0.2, 0.25) is 0 Å². The van der Waals surface area contributed by atoms with Gasteiger partial charge in [-0.1, -0.05) is 30.3 Å². The highest BCUT2D eigenvalue weighted by atomic mass is 16.3. The summed E-state index contributed by atoms with van der Waals surface area (Å²) in [5.41, 5.74) is 2.43. The summed E-state index contributed by atoms with van der Waals surface area (Å²) in [6, 6.07) is 14.7. The van der Waals surface area contributed by atoms with Crippen LogP contribution < -0.4 is 5.56 Å². The second-order valence-corrected chi connectivity index (χ2v) is 5.39. The highest BCUT2D eigenvalue weighted by Gasteiger charge is 2.20. The Morgan fingerprint density at radius 3 is 2.73 bits per heavy atom. The number of aryl methyl sites for hydroxylation is 1. The van der Waals surface area contributed by atoms with E-state index in [1.165, 1.54) is 0 Å². The van der Waals surface area contributed by atoms with E-state index in [0.717, 1.165) is 29.6 Å². The Hall–Kier alpha value is -2.88. The van der Waals surface area contributed by atoms with Gasteiger partial charge in [0.25, 0.3) is 5.56 Å². The fourth-order valence-corrected chi connectivity index (χ4v) is 2.97. The molecule has 0 amide bonds. The largest absolute Gasteiger partial charge is 0.507 e. The third-order valence-corrected chi connectivity index (χ3v) is 4.05. The molecule has 0 bridgehead atoms. The summed E-state index contributed by atoms with van der Waals surface area (Å²) in [5.74, 6) is 0.934. The number of fused-ring (bicyclic) bond motifs is 3. The standard InChI is InChI=1S/C18H14N2O2/c21-16-8-4-1-5-12(16)11-13-9-10-20-15-7-3-2-6-14(15)18(22)19-17(13)20/h1-8,11,21H,9-10H2/b13-11+. The molecule has 2 aromatic carbocycles. The zero-order valence-corrected chi connectivity index (χ0v) is 11.9. The van der Waals surface area contributed by atoms with Gasteiger partial charge in [-0.15, -0.1) is 0 Å². The Balaban J connectivity index is 1.94. The number of allylic oxidation sites excluding steroid dienone is 1. The number of rotatable bonds is 1. The maximum Gasteiger partial charge on any atom is 0.281 e. The molecule has 0 fully saturated rings. The summed E-state index contributed by atoms with van der Waals surface area (Å²) < 4.78 is 2.07. The molecule has 0 atom stereocenters. The lowest BCUT2D eigenvalue weighted by molar-refractivity contribution is 0.474. The van der Waals surface area contributed by atoms with E-state index in [2.05, 4.69) is 9.55 Å². The highest BCUT2D eigenvalue weighted by Crippen LogP contribution is 2.31. The fraction of sp³-hybridized carbons (Fsp3) is 0.111. The van der Waals surface area contributed by atoms with Crippen LogP contribution >= 0.6 is 0 Å². The maximum atomic E-state index is 12.2. The molecule has 0 saturated carbocycles. The van der Waals surface area contributed by atoms with E-state index in [1.807, 2.05) is 42.5 Å². The first kappa shape index (κ1) is 12.8. The van der Waals surface area contributed by atoms with Gasteiger partial charge in [0, 0.05) is 12.1 Å². The Morgan fingerprint density at radius 2 is 1.86 bits per heavy atom. The Kier molecular flexibility index (Phi) is 2.82. The molecule has 1 aliphatic rings. The van der Waals surface area contributed by atoms with Crippen LogP contribution in [-0.4, -0.2) is 14.7 Å². The second-order valence-electron chi connectivity index (χ2n) is 5.39. The van der Waals surface area contributed by atoms with Crippen molar-refractivity contribution in [1.29, 1.82) is 0 Å². The predicted molar refractivity (Wildman–Crippen MR) is 86.6 cm³/mol. The lowest BCUT2D eigenvalue weighted by atomic mass is 10.1. The molecule has 0 radical (unpaired) electrons. The number of aromatic nitrogens is 2. The van der Waals surface area contributed by atoms with Crippen LogP contribution in [0, 0.1) is 0 Å². The molecule has 1 N–H and O–H groups in total. The summed E-state index contributed by atoms with van der Waals surface area (Å²) in [5, 5.41) is 10.6. The average Bonchev–Trinajstić information content (AvgIpc) is 2.93. The first-order valence-electron chi connectivity index (χ1n) is 7.22. The van der Waals surface area contributed by atoms with Crippen molar-refractivity contribution >= 4 is 22.6 Å². The summed E-state index contributed by atoms with van der Waals surface area (Å²) in [7, 11) is 0. The smallest absolute Gasteiger partial charge is 0.281 e. The monoisotopic (exact) mass is 290 g/mol. The normalized spacial score (nSPS) is 15.4. The van der Waals surface area contributed by atoms with Gasteiger partial charge in [0.05, 0.1) is 10.9 Å². The minimum atomic E-state index is -0.202. The minimum Gasteiger partial charge on any atom is -0.507 e. The first-order chi connectivity index (χ1) is 10.7. The topological polar surface area (TPSA) is 55.1 Å². The maximum absolute atomic E-state index is 12.2. The second kappa shape index (κ2) is 4.84. The summed E-state index contributed by atoms with van der Waals surface area (Å²) in [4.78, 5) is 16.4. The van der Waals surface area contributed by atoms with Crippen LogP contribution in [-0.2, 0) is 6.54 Å². The van der Waals surface area contributed by atoms with E-state index in [9.17, 15) is 9.90 Å². The molecule has 4 nitrogen and oxygen atoms in total. The number of phenolic OH excluding ortho intramolecular Hbond substituents is 1. The number of para-hydroxylation sites is 2. The Labute approximate surface area is 127 Å². The molecule has 4 heteroatoms. The van der Waals surface area contributed by atoms with Crippen molar-refractivity contribution in [2.24, 2.45) is 0 Å². The molecule has 1 aliphatic heterocycles. The van der Waals surface area contributed by atoms with Crippen LogP contribution in [0.25, 0.3) is 22.6 Å². The molecule has 22 heavy (non-hydrogen) atoms. The van der Waals surface area contributed by atoms with Crippen LogP contribution in [0.2, 0.25) is 0 Å². The number of hydrogen-bond acceptors (Lipinski definition) is 3. The number of benzene rings is 2. The van der Waals surface area contributed by atoms with Crippen LogP contribution in [0.15, 0.2) is 53.3 Å². The molecular formula is C18H14N2O2. The molecule has 0 unspecified atom stereocenters. The Bertz CT molecular complexity index is 970. The lowest BCUT2D eigenvalue weighted by Gasteiger charge is -2.07. The van der Waals surface area contributed by atoms with E-state index in [4.69, 9.17) is 0 Å². The molecule has 1 aromatic heterocycles. The van der Waals surface area contributed by atoms with Crippen LogP contribution in [0.1, 0.15) is 17.8 Å². The van der Waals surface area contributed by atoms with Gasteiger partial charge in [0.15, 0.2) is 0 Å². The van der Waals surface area contributed by atoms with Crippen molar-refractivity contribution in [2.75, 3.05) is 0 Å². The number of phenols is 1. The zero-order valence-electron chi connectivity index (χ0n) is 11.9. The van der Waals surface area contributed by atoms with Gasteiger partial charge in [-0.25, -0.2) is 0 Å². The van der Waals surface area contributed by atoms with E-state index in [-0.39, 0.29) is 11.3 Å². The van der Waals surface area contributed by atoms with Crippen molar-refractivity contribution < 1.29 is 5.11 Å². The molecule has 0 aliphatic carbocycles. The zero-order chi connectivity index (χ0) is 15.1. The molecule has 3 aromatic rings. The average molecular weight is 290 g/mol. The van der Waals surface area contributed by atoms with E-state index in [1.54, 1.807) is 12.1 Å². The quantitative estimate of drug-likeness (QED) is 0.749. The third-order valence-electron chi connectivity index (χ3n) is 4.05. The molecule has 2 heterocycles. The van der Waals surface area contributed by atoms with Crippen LogP contribution in [0.5, 0.6) is 5.75 Å². The van der Waals surface area contributed by atoms with Gasteiger partial charge in [-0.2, -0.15) is 4.98 Å². The van der Waals surface area contributed by atoms with Gasteiger partial charge >= 0.3 is 0 Å². The van der Waals surface area contributed by atoms with E-state index >= 15 is 0 Å². The summed E-state index contributed by atoms with van der Waals surface area (Å²) in [6.45, 7) is 0.794. The van der Waals surface area contributed by atoms with Gasteiger partial charge in [0.1, 0.15) is 11.6 Å². The van der Waals surface area contributed by atoms with E-state index in [0.29, 0.717) is 11.2 Å². The summed E-state index contributed by atoms with van der Waals surface area (Å²) >= 11 is 0. The molecular weight excluding hydrogens is 276 g/mol. The minimum absolute atomic E-state index is 0.202. The molecule has 0 saturated heterocycles. The van der Waals surface area contributed by atoms with Crippen molar-refractivity contribution in [3.63, 3.8) is 0 Å². The molecule has 108 valence electrons. The number of nitrogens with zero attached hydrogens (tertiary/aromatic N) is 2. The highest BCUT2D eigenvalue weighted by molar-refractivity contribution is 5.86. The number of aromatic hydroxyl groups is 1. The van der Waals surface area contributed by atoms with Crippen molar-refractivity contribution in [3.05, 3.63) is 70.3 Å². The van der Waals surface area contributed by atoms with Crippen LogP contribution in [0.4, 0.5) is 0 Å². The summed E-state index contributed by atoms with van der Waals surface area (Å²) in [6.07, 6.45) is 2.71. The van der Waals surface area contributed by atoms with Crippen LogP contribution in [0.3, 0.4) is 0 Å². The van der Waals surface area contributed by atoms with Crippen molar-refractivity contribution in [1.82, 2.24) is 9.55 Å². The molecule has 4 rings (SSSR count). The van der Waals surface area contributed by atoms with Gasteiger partial charge in [-0.3, -0.25) is 4.79 Å². The molecule has 0 spiro atoms. The van der Waals surface area contributed by atoms with E-state index < -0.39 is 0 Å². The first-order valence-corrected chi connectivity index (χ1v) is 7.22. The number of hydrogen-bond donors (Lipinski definition) is 1. The SMILES string of the molecule is O=c1nc2n(c3ccccc13)CC/C2=C\c1ccccc1O. The van der Waals surface area contributed by atoms with Gasteiger partial charge in [-0.05, 0) is 36.3 Å². The predicted octanol–water partition coefficient (Wildman–Crippen LogP) is 3.05. The van der Waals surface area contributed by atoms with Gasteiger partial charge < -0.3 is 9.67 Å². The van der Waals surface area contributed by atoms with Crippen molar-refractivity contribution in [3.8, 4) is 5.75 Å². The third kappa shape index (κ3) is 1.92. The lowest BCUT2D eigenvalue weighted by Crippen LogP contribution is -2.14. The van der Waals surface area contributed by atoms with Crippen molar-refractivity contribution in [2.45, 2.75) is 13.0 Å². The fourth-order valence-electron chi connectivity index (χ4n) is 2.97.